The molecule has 0 aliphatic rings. The quantitative estimate of drug-likeness (QED) is 0.399. The molecule has 2 aromatic carbocycles. The van der Waals surface area contributed by atoms with Gasteiger partial charge in [-0.05, 0) is 39.7 Å². The molecule has 0 saturated carbocycles. The molecule has 0 aliphatic carbocycles. The largest absolute Gasteiger partial charge is 0.449 e. The molecule has 4 nitrogen and oxygen atoms in total. The van der Waals surface area contributed by atoms with Crippen molar-refractivity contribution in [3.05, 3.63) is 61.6 Å². The van der Waals surface area contributed by atoms with E-state index in [1.165, 1.54) is 18.2 Å². The zero-order valence-electron chi connectivity index (χ0n) is 9.98. The Labute approximate surface area is 133 Å². The van der Waals surface area contributed by atoms with E-state index in [9.17, 15) is 10.1 Å². The number of nitrogens with zero attached hydrogens (tertiary/aromatic N) is 1. The van der Waals surface area contributed by atoms with Crippen LogP contribution in [0.1, 0.15) is 5.56 Å². The topological polar surface area (TPSA) is 52.4 Å². The SMILES string of the molecule is O=[N+]([O-])c1ccc(Cl)cc1Oc1ccc(CCl)cc1Br. The standard InChI is InChI=1S/C13H8BrCl2NO3/c14-10-5-8(7-15)1-4-12(10)20-13-6-9(16)2-3-11(13)17(18)19/h1-6H,7H2. The second-order valence-electron chi connectivity index (χ2n) is 3.87. The van der Waals surface area contributed by atoms with E-state index in [4.69, 9.17) is 27.9 Å². The smallest absolute Gasteiger partial charge is 0.311 e. The lowest BCUT2D eigenvalue weighted by atomic mass is 10.2. The summed E-state index contributed by atoms with van der Waals surface area (Å²) in [4.78, 5) is 10.4. The Morgan fingerprint density at radius 2 is 1.95 bits per heavy atom. The Morgan fingerprint density at radius 3 is 2.55 bits per heavy atom. The van der Waals surface area contributed by atoms with Gasteiger partial charge in [0.1, 0.15) is 5.75 Å². The minimum atomic E-state index is -0.521. The lowest BCUT2D eigenvalue weighted by Gasteiger charge is -2.09. The van der Waals surface area contributed by atoms with Crippen molar-refractivity contribution in [2.75, 3.05) is 0 Å². The predicted octanol–water partition coefficient (Wildman–Crippen LogP) is 5.54. The van der Waals surface area contributed by atoms with Gasteiger partial charge in [-0.3, -0.25) is 10.1 Å². The van der Waals surface area contributed by atoms with E-state index in [0.29, 0.717) is 21.1 Å². The highest BCUT2D eigenvalue weighted by Crippen LogP contribution is 2.37. The molecule has 2 rings (SSSR count). The highest BCUT2D eigenvalue weighted by Gasteiger charge is 2.17. The number of rotatable bonds is 4. The summed E-state index contributed by atoms with van der Waals surface area (Å²) in [7, 11) is 0. The second kappa shape index (κ2) is 6.43. The molecule has 0 aliphatic heterocycles. The number of alkyl halides is 1. The molecular weight excluding hydrogens is 369 g/mol. The zero-order chi connectivity index (χ0) is 14.7. The minimum absolute atomic E-state index is 0.0850. The number of halogens is 3. The summed E-state index contributed by atoms with van der Waals surface area (Å²) < 4.78 is 6.22. The molecule has 0 aromatic heterocycles. The van der Waals surface area contributed by atoms with Crippen LogP contribution < -0.4 is 4.74 Å². The number of benzene rings is 2. The van der Waals surface area contributed by atoms with Crippen LogP contribution in [0.15, 0.2) is 40.9 Å². The van der Waals surface area contributed by atoms with E-state index in [1.807, 2.05) is 0 Å². The predicted molar refractivity (Wildman–Crippen MR) is 81.9 cm³/mol. The van der Waals surface area contributed by atoms with Gasteiger partial charge in [-0.15, -0.1) is 11.6 Å². The van der Waals surface area contributed by atoms with Crippen molar-refractivity contribution in [2.45, 2.75) is 5.88 Å². The first-order chi connectivity index (χ1) is 9.51. The number of nitro groups is 1. The van der Waals surface area contributed by atoms with Gasteiger partial charge in [0.25, 0.3) is 0 Å². The molecule has 2 aromatic rings. The second-order valence-corrected chi connectivity index (χ2v) is 5.43. The first kappa shape index (κ1) is 15.1. The van der Waals surface area contributed by atoms with Gasteiger partial charge < -0.3 is 4.74 Å². The zero-order valence-corrected chi connectivity index (χ0v) is 13.1. The molecule has 0 N–H and O–H groups in total. The van der Waals surface area contributed by atoms with Gasteiger partial charge in [0.15, 0.2) is 0 Å². The minimum Gasteiger partial charge on any atom is -0.449 e. The van der Waals surface area contributed by atoms with Crippen LogP contribution in [0.3, 0.4) is 0 Å². The van der Waals surface area contributed by atoms with Gasteiger partial charge in [0.2, 0.25) is 5.75 Å². The average Bonchev–Trinajstić information content (AvgIpc) is 2.40. The summed E-state index contributed by atoms with van der Waals surface area (Å²) in [6.45, 7) is 0. The molecule has 0 amide bonds. The summed E-state index contributed by atoms with van der Waals surface area (Å²) in [6.07, 6.45) is 0. The fourth-order valence-corrected chi connectivity index (χ4v) is 2.38. The van der Waals surface area contributed by atoms with Crippen LogP contribution in [0.25, 0.3) is 0 Å². The number of nitro benzene ring substituents is 1. The Kier molecular flexibility index (Phi) is 4.86. The lowest BCUT2D eigenvalue weighted by molar-refractivity contribution is -0.385. The molecule has 0 atom stereocenters. The Balaban J connectivity index is 2.39. The van der Waals surface area contributed by atoms with Crippen LogP contribution in [-0.4, -0.2) is 4.92 Å². The average molecular weight is 377 g/mol. The Hall–Kier alpha value is -1.30. The van der Waals surface area contributed by atoms with E-state index >= 15 is 0 Å². The van der Waals surface area contributed by atoms with Gasteiger partial charge in [-0.2, -0.15) is 0 Å². The van der Waals surface area contributed by atoms with Crippen LogP contribution >= 0.6 is 39.1 Å². The first-order valence-electron chi connectivity index (χ1n) is 5.47. The summed E-state index contributed by atoms with van der Waals surface area (Å²) in [6, 6.07) is 9.41. The van der Waals surface area contributed by atoms with E-state index in [-0.39, 0.29) is 11.4 Å². The van der Waals surface area contributed by atoms with Crippen molar-refractivity contribution >= 4 is 44.8 Å². The molecule has 0 fully saturated rings. The highest BCUT2D eigenvalue weighted by atomic mass is 79.9. The molecule has 0 saturated heterocycles. The maximum atomic E-state index is 11.0. The van der Waals surface area contributed by atoms with Gasteiger partial charge >= 0.3 is 5.69 Å². The monoisotopic (exact) mass is 375 g/mol. The van der Waals surface area contributed by atoms with Gasteiger partial charge in [-0.25, -0.2) is 0 Å². The van der Waals surface area contributed by atoms with E-state index in [0.717, 1.165) is 5.56 Å². The maximum absolute atomic E-state index is 11.0. The van der Waals surface area contributed by atoms with Gasteiger partial charge in [0, 0.05) is 23.0 Å². The molecule has 20 heavy (non-hydrogen) atoms. The van der Waals surface area contributed by atoms with Crippen molar-refractivity contribution in [3.63, 3.8) is 0 Å². The fraction of sp³-hybridized carbons (Fsp3) is 0.0769. The maximum Gasteiger partial charge on any atom is 0.311 e. The van der Waals surface area contributed by atoms with Crippen molar-refractivity contribution in [3.8, 4) is 11.5 Å². The van der Waals surface area contributed by atoms with E-state index < -0.39 is 4.92 Å². The van der Waals surface area contributed by atoms with Crippen molar-refractivity contribution in [1.29, 1.82) is 0 Å². The summed E-state index contributed by atoms with van der Waals surface area (Å²) in [5.41, 5.74) is 0.759. The molecule has 104 valence electrons. The third-order valence-electron chi connectivity index (χ3n) is 2.49. The lowest BCUT2D eigenvalue weighted by Crippen LogP contribution is -1.94. The molecule has 0 bridgehead atoms. The Bertz CT molecular complexity index is 664. The summed E-state index contributed by atoms with van der Waals surface area (Å²) in [5.74, 6) is 0.905. The molecule has 0 radical (unpaired) electrons. The van der Waals surface area contributed by atoms with Crippen LogP contribution in [0, 0.1) is 10.1 Å². The number of ether oxygens (including phenoxy) is 1. The van der Waals surface area contributed by atoms with Gasteiger partial charge in [0.05, 0.1) is 9.40 Å². The molecular formula is C13H8BrCl2NO3. The first-order valence-corrected chi connectivity index (χ1v) is 7.18. The van der Waals surface area contributed by atoms with Crippen molar-refractivity contribution in [2.24, 2.45) is 0 Å². The molecule has 0 unspecified atom stereocenters. The van der Waals surface area contributed by atoms with Crippen LogP contribution in [0.4, 0.5) is 5.69 Å². The normalized spacial score (nSPS) is 10.3. The van der Waals surface area contributed by atoms with Crippen LogP contribution in [0.2, 0.25) is 5.02 Å². The van der Waals surface area contributed by atoms with Crippen molar-refractivity contribution in [1.82, 2.24) is 0 Å². The van der Waals surface area contributed by atoms with E-state index in [2.05, 4.69) is 15.9 Å². The van der Waals surface area contributed by atoms with E-state index in [1.54, 1.807) is 18.2 Å². The fourth-order valence-electron chi connectivity index (χ4n) is 1.55. The third kappa shape index (κ3) is 3.42. The number of hydrogen-bond donors (Lipinski definition) is 0. The van der Waals surface area contributed by atoms with Crippen molar-refractivity contribution < 1.29 is 9.66 Å². The van der Waals surface area contributed by atoms with Crippen LogP contribution in [-0.2, 0) is 5.88 Å². The molecule has 0 heterocycles. The number of hydrogen-bond acceptors (Lipinski definition) is 3. The summed E-state index contributed by atoms with van der Waals surface area (Å²) >= 11 is 14.9. The molecule has 7 heteroatoms. The van der Waals surface area contributed by atoms with Gasteiger partial charge in [-0.1, -0.05) is 17.7 Å². The third-order valence-corrected chi connectivity index (χ3v) is 3.65. The summed E-state index contributed by atoms with van der Waals surface area (Å²) in [5, 5.41) is 11.3. The van der Waals surface area contributed by atoms with Crippen LogP contribution in [0.5, 0.6) is 11.5 Å². The Morgan fingerprint density at radius 1 is 1.20 bits per heavy atom. The highest BCUT2D eigenvalue weighted by molar-refractivity contribution is 9.10. The molecule has 0 spiro atoms.